The SMILES string of the molecule is Cc1c(N2CC(c3ccccc3)C2)nc2c([C@@H](C)Nc3ncccc3C(=O)O)cc(F)cn2c1=O. The maximum Gasteiger partial charge on any atom is 0.339 e. The van der Waals surface area contributed by atoms with Crippen molar-refractivity contribution in [1.82, 2.24) is 14.4 Å². The number of aromatic nitrogens is 3. The molecule has 0 spiro atoms. The maximum atomic E-state index is 14.6. The van der Waals surface area contributed by atoms with Crippen molar-refractivity contribution in [2.24, 2.45) is 0 Å². The van der Waals surface area contributed by atoms with Crippen LogP contribution in [0.2, 0.25) is 0 Å². The number of carboxylic acids is 1. The summed E-state index contributed by atoms with van der Waals surface area (Å²) in [5.74, 6) is -0.647. The second-order valence-electron chi connectivity index (χ2n) is 8.76. The summed E-state index contributed by atoms with van der Waals surface area (Å²) in [7, 11) is 0. The van der Waals surface area contributed by atoms with E-state index >= 15 is 0 Å². The number of nitrogens with zero attached hydrogens (tertiary/aromatic N) is 4. The minimum Gasteiger partial charge on any atom is -0.478 e. The van der Waals surface area contributed by atoms with Gasteiger partial charge < -0.3 is 15.3 Å². The molecule has 0 amide bonds. The fourth-order valence-corrected chi connectivity index (χ4v) is 4.50. The number of fused-ring (bicyclic) bond motifs is 1. The largest absolute Gasteiger partial charge is 0.478 e. The first kappa shape index (κ1) is 22.5. The number of aromatic carboxylic acids is 1. The Balaban J connectivity index is 1.52. The molecule has 1 aromatic carbocycles. The van der Waals surface area contributed by atoms with Gasteiger partial charge in [-0.05, 0) is 37.6 Å². The average Bonchev–Trinajstić information content (AvgIpc) is 2.82. The number of pyridine rings is 2. The summed E-state index contributed by atoms with van der Waals surface area (Å²) in [6.45, 7) is 4.91. The van der Waals surface area contributed by atoms with Gasteiger partial charge in [0.1, 0.15) is 28.7 Å². The summed E-state index contributed by atoms with van der Waals surface area (Å²) in [4.78, 5) is 35.7. The molecule has 4 aromatic rings. The molecular formula is C26H24FN5O3. The standard InChI is InChI=1S/C26H24FN5O3/c1-15-23(31-12-18(13-31)17-7-4-3-5-8-17)30-24-21(11-19(27)14-32(24)25(15)33)16(2)29-22-20(26(34)35)9-6-10-28-22/h3-11,14,16,18H,12-13H2,1-2H3,(H,28,29)(H,34,35)/t16-/m1/s1. The van der Waals surface area contributed by atoms with Crippen LogP contribution >= 0.6 is 0 Å². The third-order valence-corrected chi connectivity index (χ3v) is 6.43. The summed E-state index contributed by atoms with van der Waals surface area (Å²) in [6, 6.07) is 13.9. The van der Waals surface area contributed by atoms with Crippen LogP contribution in [-0.2, 0) is 0 Å². The van der Waals surface area contributed by atoms with Gasteiger partial charge in [0.05, 0.1) is 11.6 Å². The van der Waals surface area contributed by atoms with Crippen LogP contribution in [0.15, 0.2) is 65.7 Å². The summed E-state index contributed by atoms with van der Waals surface area (Å²) < 4.78 is 15.8. The van der Waals surface area contributed by atoms with Crippen LogP contribution in [0.4, 0.5) is 16.0 Å². The van der Waals surface area contributed by atoms with E-state index < -0.39 is 17.8 Å². The molecule has 1 aliphatic rings. The first-order chi connectivity index (χ1) is 16.8. The molecule has 9 heteroatoms. The zero-order valence-corrected chi connectivity index (χ0v) is 19.3. The molecule has 35 heavy (non-hydrogen) atoms. The Morgan fingerprint density at radius 1 is 1.20 bits per heavy atom. The second kappa shape index (κ2) is 8.83. The lowest BCUT2D eigenvalue weighted by Gasteiger charge is -2.41. The number of halogens is 1. The molecule has 4 heterocycles. The lowest BCUT2D eigenvalue weighted by molar-refractivity contribution is 0.0697. The van der Waals surface area contributed by atoms with Crippen molar-refractivity contribution in [1.29, 1.82) is 0 Å². The van der Waals surface area contributed by atoms with Gasteiger partial charge in [-0.1, -0.05) is 30.3 Å². The van der Waals surface area contributed by atoms with Crippen molar-refractivity contribution in [2.45, 2.75) is 25.8 Å². The Hall–Kier alpha value is -4.27. The Bertz CT molecular complexity index is 1480. The first-order valence-electron chi connectivity index (χ1n) is 11.3. The number of hydrogen-bond acceptors (Lipinski definition) is 6. The first-order valence-corrected chi connectivity index (χ1v) is 11.3. The van der Waals surface area contributed by atoms with E-state index in [1.807, 2.05) is 18.2 Å². The quantitative estimate of drug-likeness (QED) is 0.436. The van der Waals surface area contributed by atoms with Crippen LogP contribution in [0.1, 0.15) is 45.9 Å². The van der Waals surface area contributed by atoms with Crippen molar-refractivity contribution in [3.05, 3.63) is 99.3 Å². The predicted octanol–water partition coefficient (Wildman–Crippen LogP) is 4.01. The highest BCUT2D eigenvalue weighted by Gasteiger charge is 2.31. The van der Waals surface area contributed by atoms with Crippen molar-refractivity contribution >= 4 is 23.3 Å². The molecule has 0 bridgehead atoms. The normalized spacial score (nSPS) is 14.5. The molecule has 8 nitrogen and oxygen atoms in total. The number of benzene rings is 1. The number of carboxylic acid groups (broad SMARTS) is 1. The van der Waals surface area contributed by atoms with Crippen LogP contribution in [0.5, 0.6) is 0 Å². The fourth-order valence-electron chi connectivity index (χ4n) is 4.50. The van der Waals surface area contributed by atoms with E-state index in [2.05, 4.69) is 27.3 Å². The van der Waals surface area contributed by atoms with Gasteiger partial charge in [0.15, 0.2) is 0 Å². The van der Waals surface area contributed by atoms with Crippen LogP contribution in [0.3, 0.4) is 0 Å². The Morgan fingerprint density at radius 3 is 2.66 bits per heavy atom. The molecule has 0 radical (unpaired) electrons. The van der Waals surface area contributed by atoms with Gasteiger partial charge >= 0.3 is 5.97 Å². The monoisotopic (exact) mass is 473 g/mol. The highest BCUT2D eigenvalue weighted by atomic mass is 19.1. The highest BCUT2D eigenvalue weighted by Crippen LogP contribution is 2.32. The van der Waals surface area contributed by atoms with Gasteiger partial charge in [0.2, 0.25) is 0 Å². The Labute approximate surface area is 200 Å². The summed E-state index contributed by atoms with van der Waals surface area (Å²) in [5.41, 5.74) is 2.08. The highest BCUT2D eigenvalue weighted by molar-refractivity contribution is 5.93. The molecule has 0 aliphatic carbocycles. The van der Waals surface area contributed by atoms with Gasteiger partial charge in [0, 0.05) is 37.0 Å². The summed E-state index contributed by atoms with van der Waals surface area (Å²) >= 11 is 0. The molecule has 3 aromatic heterocycles. The number of anilines is 2. The molecule has 0 saturated carbocycles. The molecule has 1 saturated heterocycles. The summed E-state index contributed by atoms with van der Waals surface area (Å²) in [6.07, 6.45) is 2.60. The van der Waals surface area contributed by atoms with E-state index in [1.165, 1.54) is 34.4 Å². The Kier molecular flexibility index (Phi) is 5.68. The lowest BCUT2D eigenvalue weighted by Crippen LogP contribution is -2.46. The Morgan fingerprint density at radius 2 is 1.94 bits per heavy atom. The molecular weight excluding hydrogens is 449 g/mol. The third-order valence-electron chi connectivity index (χ3n) is 6.43. The molecule has 178 valence electrons. The van der Waals surface area contributed by atoms with Gasteiger partial charge in [-0.15, -0.1) is 0 Å². The molecule has 5 rings (SSSR count). The van der Waals surface area contributed by atoms with E-state index in [-0.39, 0.29) is 16.9 Å². The van der Waals surface area contributed by atoms with E-state index in [9.17, 15) is 19.1 Å². The maximum absolute atomic E-state index is 14.6. The lowest BCUT2D eigenvalue weighted by atomic mass is 9.91. The summed E-state index contributed by atoms with van der Waals surface area (Å²) in [5, 5.41) is 12.5. The average molecular weight is 474 g/mol. The number of rotatable bonds is 6. The van der Waals surface area contributed by atoms with Crippen LogP contribution in [-0.4, -0.2) is 38.5 Å². The topological polar surface area (TPSA) is 99.8 Å². The predicted molar refractivity (Wildman–Crippen MR) is 131 cm³/mol. The van der Waals surface area contributed by atoms with Crippen molar-refractivity contribution in [2.75, 3.05) is 23.3 Å². The minimum absolute atomic E-state index is 0.00532. The van der Waals surface area contributed by atoms with E-state index in [0.717, 1.165) is 19.3 Å². The molecule has 1 aliphatic heterocycles. The van der Waals surface area contributed by atoms with E-state index in [0.29, 0.717) is 28.5 Å². The molecule has 1 atom stereocenters. The number of hydrogen-bond donors (Lipinski definition) is 2. The minimum atomic E-state index is -1.13. The van der Waals surface area contributed by atoms with Crippen molar-refractivity contribution < 1.29 is 14.3 Å². The van der Waals surface area contributed by atoms with Crippen molar-refractivity contribution in [3.63, 3.8) is 0 Å². The van der Waals surface area contributed by atoms with Crippen molar-refractivity contribution in [3.8, 4) is 0 Å². The molecule has 1 fully saturated rings. The van der Waals surface area contributed by atoms with E-state index in [1.54, 1.807) is 13.8 Å². The zero-order valence-electron chi connectivity index (χ0n) is 19.3. The zero-order chi connectivity index (χ0) is 24.7. The fraction of sp³-hybridized carbons (Fsp3) is 0.231. The number of nitrogens with one attached hydrogen (secondary N) is 1. The van der Waals surface area contributed by atoms with Gasteiger partial charge in [0.25, 0.3) is 5.56 Å². The van der Waals surface area contributed by atoms with Gasteiger partial charge in [-0.2, -0.15) is 0 Å². The van der Waals surface area contributed by atoms with Gasteiger partial charge in [-0.25, -0.2) is 19.2 Å². The third kappa shape index (κ3) is 4.09. The second-order valence-corrected chi connectivity index (χ2v) is 8.76. The van der Waals surface area contributed by atoms with Gasteiger partial charge in [-0.3, -0.25) is 9.20 Å². The van der Waals surface area contributed by atoms with Crippen LogP contribution < -0.4 is 15.8 Å². The van der Waals surface area contributed by atoms with Crippen LogP contribution in [0.25, 0.3) is 5.65 Å². The number of carbonyl (C=O) groups is 1. The molecule has 0 unspecified atom stereocenters. The van der Waals surface area contributed by atoms with Crippen LogP contribution in [0, 0.1) is 12.7 Å². The smallest absolute Gasteiger partial charge is 0.339 e. The van der Waals surface area contributed by atoms with E-state index in [4.69, 9.17) is 4.98 Å². The molecule has 2 N–H and O–H groups in total.